The van der Waals surface area contributed by atoms with Crippen molar-refractivity contribution in [2.24, 2.45) is 7.05 Å². The molecule has 2 heterocycles. The Labute approximate surface area is 90.5 Å². The van der Waals surface area contributed by atoms with Crippen molar-refractivity contribution < 1.29 is 9.90 Å². The first-order valence-corrected chi connectivity index (χ1v) is 4.60. The second-order valence-corrected chi connectivity index (χ2v) is 3.30. The van der Waals surface area contributed by atoms with Gasteiger partial charge in [0.05, 0.1) is 0 Å². The maximum absolute atomic E-state index is 10.9. The summed E-state index contributed by atoms with van der Waals surface area (Å²) in [5, 5.41) is 23.8. The van der Waals surface area contributed by atoms with Gasteiger partial charge < -0.3 is 5.11 Å². The van der Waals surface area contributed by atoms with E-state index >= 15 is 0 Å². The molecule has 0 radical (unpaired) electrons. The molecule has 0 saturated carbocycles. The van der Waals surface area contributed by atoms with Gasteiger partial charge in [0.15, 0.2) is 6.04 Å². The zero-order chi connectivity index (χ0) is 11.7. The molecule has 1 unspecified atom stereocenters. The van der Waals surface area contributed by atoms with Crippen molar-refractivity contribution in [2.75, 3.05) is 0 Å². The third kappa shape index (κ3) is 1.53. The maximum atomic E-state index is 10.9. The third-order valence-corrected chi connectivity index (χ3v) is 2.27. The summed E-state index contributed by atoms with van der Waals surface area (Å²) in [6.45, 7) is 1.51. The molecular formula is C8H10N6O2. The predicted molar refractivity (Wildman–Crippen MR) is 52.4 cm³/mol. The molecule has 0 spiro atoms. The lowest BCUT2D eigenvalue weighted by molar-refractivity contribution is -0.140. The van der Waals surface area contributed by atoms with Gasteiger partial charge in [-0.25, -0.2) is 9.48 Å². The number of rotatable bonds is 3. The minimum atomic E-state index is -0.990. The summed E-state index contributed by atoms with van der Waals surface area (Å²) in [4.78, 5) is 10.9. The highest BCUT2D eigenvalue weighted by Gasteiger charge is 2.21. The summed E-state index contributed by atoms with van der Waals surface area (Å²) in [7, 11) is 1.74. The molecule has 0 saturated heterocycles. The van der Waals surface area contributed by atoms with Crippen molar-refractivity contribution in [3.8, 4) is 11.5 Å². The monoisotopic (exact) mass is 222 g/mol. The summed E-state index contributed by atoms with van der Waals surface area (Å²) in [6.07, 6.45) is 1.60. The van der Waals surface area contributed by atoms with Crippen molar-refractivity contribution in [3.63, 3.8) is 0 Å². The highest BCUT2D eigenvalue weighted by molar-refractivity contribution is 5.72. The molecule has 84 valence electrons. The molecule has 0 bridgehead atoms. The molecular weight excluding hydrogens is 212 g/mol. The van der Waals surface area contributed by atoms with Crippen molar-refractivity contribution in [3.05, 3.63) is 12.3 Å². The average Bonchev–Trinajstić information content (AvgIpc) is 2.84. The number of carbonyl (C=O) groups is 1. The molecule has 0 fully saturated rings. The normalized spacial score (nSPS) is 12.6. The van der Waals surface area contributed by atoms with Gasteiger partial charge in [-0.1, -0.05) is 0 Å². The van der Waals surface area contributed by atoms with Crippen LogP contribution in [0.15, 0.2) is 12.3 Å². The number of hydrogen-bond donors (Lipinski definition) is 1. The molecule has 2 aromatic heterocycles. The molecule has 2 aromatic rings. The van der Waals surface area contributed by atoms with Crippen LogP contribution in [0.3, 0.4) is 0 Å². The maximum Gasteiger partial charge on any atom is 0.328 e. The fourth-order valence-corrected chi connectivity index (χ4v) is 1.32. The van der Waals surface area contributed by atoms with Crippen LogP contribution in [-0.4, -0.2) is 41.1 Å². The first kappa shape index (κ1) is 10.3. The topological polar surface area (TPSA) is 98.7 Å². The van der Waals surface area contributed by atoms with Crippen LogP contribution < -0.4 is 0 Å². The molecule has 1 atom stereocenters. The highest BCUT2D eigenvalue weighted by atomic mass is 16.4. The van der Waals surface area contributed by atoms with Crippen molar-refractivity contribution in [2.45, 2.75) is 13.0 Å². The van der Waals surface area contributed by atoms with Crippen LogP contribution in [0.5, 0.6) is 0 Å². The number of hydrogen-bond acceptors (Lipinski definition) is 5. The Bertz CT molecular complexity index is 516. The summed E-state index contributed by atoms with van der Waals surface area (Å²) < 4.78 is 2.83. The van der Waals surface area contributed by atoms with Gasteiger partial charge in [0.25, 0.3) is 0 Å². The molecule has 8 heteroatoms. The van der Waals surface area contributed by atoms with Crippen molar-refractivity contribution in [1.82, 2.24) is 30.0 Å². The minimum Gasteiger partial charge on any atom is -0.480 e. The molecule has 0 aliphatic rings. The summed E-state index contributed by atoms with van der Waals surface area (Å²) >= 11 is 0. The molecule has 2 rings (SSSR count). The molecule has 0 amide bonds. The number of carboxylic acid groups (broad SMARTS) is 1. The Morgan fingerprint density at radius 3 is 2.88 bits per heavy atom. The second-order valence-electron chi connectivity index (χ2n) is 3.30. The number of aliphatic carboxylic acids is 1. The lowest BCUT2D eigenvalue weighted by Gasteiger charge is -2.08. The van der Waals surface area contributed by atoms with Crippen LogP contribution in [-0.2, 0) is 11.8 Å². The van der Waals surface area contributed by atoms with E-state index in [0.29, 0.717) is 11.5 Å². The molecule has 1 N–H and O–H groups in total. The van der Waals surface area contributed by atoms with Crippen molar-refractivity contribution >= 4 is 5.97 Å². The number of aryl methyl sites for hydroxylation is 1. The Morgan fingerprint density at radius 1 is 1.56 bits per heavy atom. The number of tetrazole rings is 1. The van der Waals surface area contributed by atoms with Crippen molar-refractivity contribution in [1.29, 1.82) is 0 Å². The smallest absolute Gasteiger partial charge is 0.328 e. The molecule has 16 heavy (non-hydrogen) atoms. The number of nitrogens with zero attached hydrogens (tertiary/aromatic N) is 6. The molecule has 0 aliphatic carbocycles. The number of aromatic nitrogens is 6. The molecule has 0 aliphatic heterocycles. The van der Waals surface area contributed by atoms with Crippen LogP contribution in [0.25, 0.3) is 11.5 Å². The Kier molecular flexibility index (Phi) is 2.39. The fourth-order valence-electron chi connectivity index (χ4n) is 1.32. The highest BCUT2D eigenvalue weighted by Crippen LogP contribution is 2.17. The average molecular weight is 222 g/mol. The van der Waals surface area contributed by atoms with E-state index in [1.807, 2.05) is 0 Å². The van der Waals surface area contributed by atoms with E-state index in [4.69, 9.17) is 5.11 Å². The first-order valence-electron chi connectivity index (χ1n) is 4.60. The van der Waals surface area contributed by atoms with E-state index in [0.717, 1.165) is 0 Å². The second kappa shape index (κ2) is 3.72. The van der Waals surface area contributed by atoms with Crippen LogP contribution >= 0.6 is 0 Å². The van der Waals surface area contributed by atoms with E-state index in [2.05, 4.69) is 20.6 Å². The van der Waals surface area contributed by atoms with Crippen LogP contribution in [0.1, 0.15) is 13.0 Å². The lowest BCUT2D eigenvalue weighted by atomic mass is 10.3. The molecule has 0 aromatic carbocycles. The van der Waals surface area contributed by atoms with Crippen LogP contribution in [0.2, 0.25) is 0 Å². The van der Waals surface area contributed by atoms with Gasteiger partial charge in [-0.3, -0.25) is 4.68 Å². The Hall–Kier alpha value is -2.25. The van der Waals surface area contributed by atoms with E-state index in [9.17, 15) is 4.79 Å². The Morgan fingerprint density at radius 2 is 2.31 bits per heavy atom. The van der Waals surface area contributed by atoms with Gasteiger partial charge in [-0.2, -0.15) is 5.10 Å². The minimum absolute atomic E-state index is 0.384. The van der Waals surface area contributed by atoms with Gasteiger partial charge in [0.2, 0.25) is 5.82 Å². The third-order valence-electron chi connectivity index (χ3n) is 2.27. The summed E-state index contributed by atoms with van der Waals surface area (Å²) in [5.74, 6) is -0.606. The van der Waals surface area contributed by atoms with Gasteiger partial charge in [-0.15, -0.1) is 5.10 Å². The Balaban J connectivity index is 2.48. The van der Waals surface area contributed by atoms with Crippen LogP contribution in [0.4, 0.5) is 0 Å². The standard InChI is InChI=1S/C8H10N6O2/c1-5(8(15)16)14-7(10-11-12-14)6-3-4-9-13(6)2/h3-5H,1-2H3,(H,15,16). The largest absolute Gasteiger partial charge is 0.480 e. The van der Waals surface area contributed by atoms with Gasteiger partial charge >= 0.3 is 5.97 Å². The first-order chi connectivity index (χ1) is 7.61. The van der Waals surface area contributed by atoms with Gasteiger partial charge in [-0.05, 0) is 23.4 Å². The van der Waals surface area contributed by atoms with E-state index in [1.165, 1.54) is 11.6 Å². The van der Waals surface area contributed by atoms with E-state index in [1.54, 1.807) is 24.0 Å². The van der Waals surface area contributed by atoms with E-state index < -0.39 is 12.0 Å². The van der Waals surface area contributed by atoms with Gasteiger partial charge in [0.1, 0.15) is 5.69 Å². The zero-order valence-electron chi connectivity index (χ0n) is 8.77. The van der Waals surface area contributed by atoms with E-state index in [-0.39, 0.29) is 0 Å². The van der Waals surface area contributed by atoms with Crippen LogP contribution in [0, 0.1) is 0 Å². The summed E-state index contributed by atoms with van der Waals surface area (Å²) in [5.41, 5.74) is 0.665. The fraction of sp³-hybridized carbons (Fsp3) is 0.375. The number of carboxylic acids is 1. The summed E-state index contributed by atoms with van der Waals surface area (Å²) in [6, 6.07) is 0.899. The SMILES string of the molecule is CC(C(=O)O)n1nnnc1-c1ccnn1C. The quantitative estimate of drug-likeness (QED) is 0.766. The van der Waals surface area contributed by atoms with Gasteiger partial charge in [0, 0.05) is 13.2 Å². The zero-order valence-corrected chi connectivity index (χ0v) is 8.77. The molecule has 8 nitrogen and oxygen atoms in total. The lowest BCUT2D eigenvalue weighted by Crippen LogP contribution is -2.18. The predicted octanol–water partition coefficient (Wildman–Crippen LogP) is -0.281.